The van der Waals surface area contributed by atoms with Crippen molar-refractivity contribution in [3.8, 4) is 0 Å². The SMILES string of the molecule is CNC(C)(C)N1CCCC12CC2. The fourth-order valence-electron chi connectivity index (χ4n) is 2.61. The average molecular weight is 168 g/mol. The highest BCUT2D eigenvalue weighted by Crippen LogP contribution is 2.51. The first kappa shape index (κ1) is 8.52. The van der Waals surface area contributed by atoms with Gasteiger partial charge in [-0.25, -0.2) is 0 Å². The molecule has 1 aliphatic heterocycles. The smallest absolute Gasteiger partial charge is 0.0656 e. The van der Waals surface area contributed by atoms with Crippen LogP contribution < -0.4 is 5.32 Å². The Morgan fingerprint density at radius 3 is 2.42 bits per heavy atom. The van der Waals surface area contributed by atoms with Crippen molar-refractivity contribution in [2.75, 3.05) is 13.6 Å². The van der Waals surface area contributed by atoms with Gasteiger partial charge in [-0.05, 0) is 46.6 Å². The van der Waals surface area contributed by atoms with Gasteiger partial charge in [0.15, 0.2) is 0 Å². The maximum absolute atomic E-state index is 3.40. The van der Waals surface area contributed by atoms with Gasteiger partial charge < -0.3 is 5.32 Å². The first-order valence-electron chi connectivity index (χ1n) is 5.07. The van der Waals surface area contributed by atoms with Crippen molar-refractivity contribution in [3.63, 3.8) is 0 Å². The van der Waals surface area contributed by atoms with Gasteiger partial charge in [-0.15, -0.1) is 0 Å². The lowest BCUT2D eigenvalue weighted by Gasteiger charge is -2.40. The third-order valence-electron chi connectivity index (χ3n) is 3.71. The molecule has 1 N–H and O–H groups in total. The lowest BCUT2D eigenvalue weighted by atomic mass is 10.1. The highest BCUT2D eigenvalue weighted by atomic mass is 15.4. The molecule has 0 aromatic rings. The molecule has 2 aliphatic rings. The van der Waals surface area contributed by atoms with Gasteiger partial charge in [0.1, 0.15) is 0 Å². The predicted molar refractivity (Wildman–Crippen MR) is 51.0 cm³/mol. The van der Waals surface area contributed by atoms with Gasteiger partial charge in [-0.3, -0.25) is 4.90 Å². The first-order chi connectivity index (χ1) is 5.61. The summed E-state index contributed by atoms with van der Waals surface area (Å²) < 4.78 is 0. The zero-order valence-electron chi connectivity index (χ0n) is 8.48. The van der Waals surface area contributed by atoms with E-state index in [1.807, 2.05) is 0 Å². The molecule has 1 heterocycles. The van der Waals surface area contributed by atoms with Gasteiger partial charge in [-0.1, -0.05) is 0 Å². The molecular weight excluding hydrogens is 148 g/mol. The van der Waals surface area contributed by atoms with Crippen molar-refractivity contribution in [1.82, 2.24) is 10.2 Å². The molecule has 0 unspecified atom stereocenters. The van der Waals surface area contributed by atoms with Crippen LogP contribution in [0.15, 0.2) is 0 Å². The van der Waals surface area contributed by atoms with Gasteiger partial charge in [0.2, 0.25) is 0 Å². The second kappa shape index (κ2) is 2.46. The number of nitrogens with one attached hydrogen (secondary N) is 1. The van der Waals surface area contributed by atoms with Gasteiger partial charge in [0.05, 0.1) is 5.66 Å². The molecule has 0 aromatic heterocycles. The third-order valence-corrected chi connectivity index (χ3v) is 3.71. The van der Waals surface area contributed by atoms with E-state index in [-0.39, 0.29) is 5.66 Å². The Balaban J connectivity index is 2.12. The van der Waals surface area contributed by atoms with Crippen molar-refractivity contribution < 1.29 is 0 Å². The molecule has 70 valence electrons. The standard InChI is InChI=1S/C10H20N2/c1-9(2,11-3)12-8-4-5-10(12)6-7-10/h11H,4-8H2,1-3H3. The first-order valence-corrected chi connectivity index (χ1v) is 5.07. The molecule has 0 amide bonds. The summed E-state index contributed by atoms with van der Waals surface area (Å²) in [4.78, 5) is 2.67. The normalized spacial score (nSPS) is 28.2. The molecule has 1 saturated heterocycles. The summed E-state index contributed by atoms with van der Waals surface area (Å²) in [5, 5.41) is 3.40. The summed E-state index contributed by atoms with van der Waals surface area (Å²) in [6, 6.07) is 0. The summed E-state index contributed by atoms with van der Waals surface area (Å²) in [6.07, 6.45) is 5.68. The summed E-state index contributed by atoms with van der Waals surface area (Å²) >= 11 is 0. The quantitative estimate of drug-likeness (QED) is 0.673. The molecule has 1 saturated carbocycles. The zero-order valence-corrected chi connectivity index (χ0v) is 8.48. The molecule has 2 fully saturated rings. The van der Waals surface area contributed by atoms with E-state index in [4.69, 9.17) is 0 Å². The zero-order chi connectivity index (χ0) is 8.82. The highest BCUT2D eigenvalue weighted by molar-refractivity contribution is 5.10. The molecule has 2 heteroatoms. The van der Waals surface area contributed by atoms with Gasteiger partial charge in [-0.2, -0.15) is 0 Å². The highest BCUT2D eigenvalue weighted by Gasteiger charge is 2.54. The van der Waals surface area contributed by atoms with E-state index >= 15 is 0 Å². The van der Waals surface area contributed by atoms with Gasteiger partial charge in [0.25, 0.3) is 0 Å². The van der Waals surface area contributed by atoms with E-state index < -0.39 is 0 Å². The fourth-order valence-corrected chi connectivity index (χ4v) is 2.61. The summed E-state index contributed by atoms with van der Waals surface area (Å²) in [5.41, 5.74) is 0.819. The van der Waals surface area contributed by atoms with Crippen molar-refractivity contribution >= 4 is 0 Å². The Morgan fingerprint density at radius 2 is 1.92 bits per heavy atom. The molecule has 0 aromatic carbocycles. The minimum Gasteiger partial charge on any atom is -0.303 e. The van der Waals surface area contributed by atoms with Crippen molar-refractivity contribution in [1.29, 1.82) is 0 Å². The molecule has 12 heavy (non-hydrogen) atoms. The molecule has 1 aliphatic carbocycles. The second-order valence-electron chi connectivity index (χ2n) is 4.79. The molecule has 0 bridgehead atoms. The Labute approximate surface area is 75.3 Å². The summed E-state index contributed by atoms with van der Waals surface area (Å²) in [5.74, 6) is 0. The summed E-state index contributed by atoms with van der Waals surface area (Å²) in [6.45, 7) is 5.87. The number of hydrogen-bond acceptors (Lipinski definition) is 2. The van der Waals surface area contributed by atoms with Gasteiger partial charge >= 0.3 is 0 Å². The number of rotatable bonds is 2. The van der Waals surface area contributed by atoms with Crippen LogP contribution in [0, 0.1) is 0 Å². The van der Waals surface area contributed by atoms with Crippen LogP contribution in [0.4, 0.5) is 0 Å². The lowest BCUT2D eigenvalue weighted by molar-refractivity contribution is 0.0690. The average Bonchev–Trinajstić information content (AvgIpc) is 2.62. The van der Waals surface area contributed by atoms with Crippen LogP contribution in [-0.2, 0) is 0 Å². The van der Waals surface area contributed by atoms with Crippen LogP contribution in [0.5, 0.6) is 0 Å². The van der Waals surface area contributed by atoms with Crippen LogP contribution in [-0.4, -0.2) is 29.7 Å². The number of likely N-dealkylation sites (tertiary alicyclic amines) is 1. The monoisotopic (exact) mass is 168 g/mol. The van der Waals surface area contributed by atoms with E-state index in [0.717, 1.165) is 0 Å². The van der Waals surface area contributed by atoms with Crippen LogP contribution >= 0.6 is 0 Å². The minimum atomic E-state index is 0.201. The van der Waals surface area contributed by atoms with E-state index in [1.165, 1.54) is 32.2 Å². The minimum absolute atomic E-state index is 0.201. The maximum Gasteiger partial charge on any atom is 0.0656 e. The lowest BCUT2D eigenvalue weighted by Crippen LogP contribution is -2.55. The fraction of sp³-hybridized carbons (Fsp3) is 1.00. The molecule has 0 radical (unpaired) electrons. The number of nitrogens with zero attached hydrogens (tertiary/aromatic N) is 1. The topological polar surface area (TPSA) is 15.3 Å². The van der Waals surface area contributed by atoms with E-state index in [1.54, 1.807) is 0 Å². The third kappa shape index (κ3) is 1.09. The van der Waals surface area contributed by atoms with Crippen LogP contribution in [0.3, 0.4) is 0 Å². The Bertz CT molecular complexity index is 182. The molecule has 1 spiro atoms. The van der Waals surface area contributed by atoms with Gasteiger partial charge in [0, 0.05) is 12.1 Å². The Hall–Kier alpha value is -0.0800. The van der Waals surface area contributed by atoms with E-state index in [2.05, 4.69) is 31.1 Å². The second-order valence-corrected chi connectivity index (χ2v) is 4.79. The number of hydrogen-bond donors (Lipinski definition) is 1. The van der Waals surface area contributed by atoms with E-state index in [0.29, 0.717) is 5.54 Å². The molecule has 2 nitrogen and oxygen atoms in total. The van der Waals surface area contributed by atoms with E-state index in [9.17, 15) is 0 Å². The van der Waals surface area contributed by atoms with Crippen LogP contribution in [0.2, 0.25) is 0 Å². The van der Waals surface area contributed by atoms with Crippen molar-refractivity contribution in [3.05, 3.63) is 0 Å². The largest absolute Gasteiger partial charge is 0.303 e. The van der Waals surface area contributed by atoms with Crippen molar-refractivity contribution in [2.24, 2.45) is 0 Å². The Morgan fingerprint density at radius 1 is 1.25 bits per heavy atom. The maximum atomic E-state index is 3.40. The van der Waals surface area contributed by atoms with Crippen LogP contribution in [0.1, 0.15) is 39.5 Å². The van der Waals surface area contributed by atoms with Crippen molar-refractivity contribution in [2.45, 2.75) is 50.7 Å². The summed E-state index contributed by atoms with van der Waals surface area (Å²) in [7, 11) is 2.06. The predicted octanol–water partition coefficient (Wildman–Crippen LogP) is 1.57. The Kier molecular flexibility index (Phi) is 1.74. The molecular formula is C10H20N2. The molecule has 2 rings (SSSR count). The molecule has 0 atom stereocenters. The van der Waals surface area contributed by atoms with Crippen LogP contribution in [0.25, 0.3) is 0 Å².